The molecule has 0 atom stereocenters. The Morgan fingerprint density at radius 1 is 1.11 bits per heavy atom. The normalized spacial score (nSPS) is 8.11. The van der Waals surface area contributed by atoms with E-state index in [0.717, 1.165) is 0 Å². The number of hydrogen-bond donors (Lipinski definition) is 0. The van der Waals surface area contributed by atoms with Gasteiger partial charge in [0, 0.05) is 5.88 Å². The first-order valence-electron chi connectivity index (χ1n) is 2.53. The summed E-state index contributed by atoms with van der Waals surface area (Å²) in [5.41, 5.74) is 1.18. The standard InChI is InChI=1S/C7H7Cl.H2S/c8-6-7-4-2-1-3-5-7;/h1-5H,6H2;1H2. The Hall–Kier alpha value is -0.140. The van der Waals surface area contributed by atoms with E-state index in [1.165, 1.54) is 5.56 Å². The zero-order valence-corrected chi connectivity index (χ0v) is 6.73. The summed E-state index contributed by atoms with van der Waals surface area (Å²) < 4.78 is 0. The second-order valence-electron chi connectivity index (χ2n) is 1.62. The van der Waals surface area contributed by atoms with E-state index < -0.39 is 0 Å². The average Bonchev–Trinajstić information content (AvgIpc) is 1.90. The van der Waals surface area contributed by atoms with Crippen molar-refractivity contribution < 1.29 is 0 Å². The molecular formula is C7H9ClS. The van der Waals surface area contributed by atoms with Gasteiger partial charge >= 0.3 is 0 Å². The third kappa shape index (κ3) is 2.78. The molecule has 9 heavy (non-hydrogen) atoms. The Morgan fingerprint density at radius 2 is 1.67 bits per heavy atom. The van der Waals surface area contributed by atoms with Gasteiger partial charge in [-0.25, -0.2) is 0 Å². The predicted octanol–water partition coefficient (Wildman–Crippen LogP) is 2.54. The number of halogens is 1. The molecule has 0 nitrogen and oxygen atoms in total. The highest BCUT2D eigenvalue weighted by Crippen LogP contribution is 2.00. The molecule has 2 heteroatoms. The van der Waals surface area contributed by atoms with Gasteiger partial charge in [-0.05, 0) is 5.56 Å². The fourth-order valence-corrected chi connectivity index (χ4v) is 0.745. The van der Waals surface area contributed by atoms with Gasteiger partial charge in [-0.1, -0.05) is 30.3 Å². The number of benzene rings is 1. The zero-order valence-electron chi connectivity index (χ0n) is 4.97. The first-order chi connectivity index (χ1) is 3.93. The molecular weight excluding hydrogens is 152 g/mol. The summed E-state index contributed by atoms with van der Waals surface area (Å²) >= 11 is 5.53. The van der Waals surface area contributed by atoms with Crippen molar-refractivity contribution in [3.8, 4) is 0 Å². The topological polar surface area (TPSA) is 0 Å². The minimum atomic E-state index is 0. The van der Waals surface area contributed by atoms with Crippen LogP contribution >= 0.6 is 25.1 Å². The minimum absolute atomic E-state index is 0. The Bertz CT molecular complexity index is 150. The summed E-state index contributed by atoms with van der Waals surface area (Å²) in [6.07, 6.45) is 0. The monoisotopic (exact) mass is 160 g/mol. The van der Waals surface area contributed by atoms with Gasteiger partial charge in [-0.2, -0.15) is 13.5 Å². The van der Waals surface area contributed by atoms with Crippen molar-refractivity contribution in [2.24, 2.45) is 0 Å². The van der Waals surface area contributed by atoms with E-state index in [-0.39, 0.29) is 13.5 Å². The minimum Gasteiger partial charge on any atom is -0.197 e. The Labute approximate surface area is 67.3 Å². The summed E-state index contributed by atoms with van der Waals surface area (Å²) in [5.74, 6) is 0.612. The molecule has 0 radical (unpaired) electrons. The molecule has 0 aliphatic heterocycles. The molecule has 0 fully saturated rings. The first kappa shape index (κ1) is 8.86. The van der Waals surface area contributed by atoms with E-state index >= 15 is 0 Å². The summed E-state index contributed by atoms with van der Waals surface area (Å²) in [4.78, 5) is 0. The highest BCUT2D eigenvalue weighted by molar-refractivity contribution is 7.59. The molecule has 0 saturated heterocycles. The van der Waals surface area contributed by atoms with Crippen LogP contribution in [0.3, 0.4) is 0 Å². The number of rotatable bonds is 1. The Morgan fingerprint density at radius 3 is 2.00 bits per heavy atom. The molecule has 1 aromatic carbocycles. The number of hydrogen-bond acceptors (Lipinski definition) is 0. The van der Waals surface area contributed by atoms with Crippen LogP contribution in [0.1, 0.15) is 5.56 Å². The maximum atomic E-state index is 5.53. The molecule has 0 aliphatic carbocycles. The van der Waals surface area contributed by atoms with E-state index in [2.05, 4.69) is 0 Å². The lowest BCUT2D eigenvalue weighted by atomic mass is 10.2. The van der Waals surface area contributed by atoms with Crippen molar-refractivity contribution in [1.29, 1.82) is 0 Å². The third-order valence-electron chi connectivity index (χ3n) is 0.997. The van der Waals surface area contributed by atoms with Gasteiger partial charge in [0.1, 0.15) is 0 Å². The maximum absolute atomic E-state index is 5.53. The van der Waals surface area contributed by atoms with E-state index in [4.69, 9.17) is 11.6 Å². The van der Waals surface area contributed by atoms with E-state index in [9.17, 15) is 0 Å². The lowest BCUT2D eigenvalue weighted by molar-refractivity contribution is 1.41. The van der Waals surface area contributed by atoms with Gasteiger partial charge in [0.2, 0.25) is 0 Å². The smallest absolute Gasteiger partial charge is 0.0474 e. The summed E-state index contributed by atoms with van der Waals surface area (Å²) in [6.45, 7) is 0. The molecule has 0 aliphatic rings. The second-order valence-corrected chi connectivity index (χ2v) is 1.89. The van der Waals surface area contributed by atoms with Crippen molar-refractivity contribution in [2.45, 2.75) is 5.88 Å². The van der Waals surface area contributed by atoms with Gasteiger partial charge in [-0.3, -0.25) is 0 Å². The molecule has 0 N–H and O–H groups in total. The molecule has 0 amide bonds. The molecule has 0 heterocycles. The quantitative estimate of drug-likeness (QED) is 0.554. The van der Waals surface area contributed by atoms with Crippen LogP contribution in [0.2, 0.25) is 0 Å². The first-order valence-corrected chi connectivity index (χ1v) is 3.07. The lowest BCUT2D eigenvalue weighted by Crippen LogP contribution is -1.71. The van der Waals surface area contributed by atoms with E-state index in [0.29, 0.717) is 5.88 Å². The molecule has 50 valence electrons. The number of alkyl halides is 1. The SMILES string of the molecule is ClCc1ccccc1.S. The van der Waals surface area contributed by atoms with Gasteiger partial charge in [-0.15, -0.1) is 11.6 Å². The van der Waals surface area contributed by atoms with Gasteiger partial charge in [0.05, 0.1) is 0 Å². The summed E-state index contributed by atoms with van der Waals surface area (Å²) in [7, 11) is 0. The van der Waals surface area contributed by atoms with Gasteiger partial charge in [0.15, 0.2) is 0 Å². The van der Waals surface area contributed by atoms with Crippen molar-refractivity contribution in [3.05, 3.63) is 35.9 Å². The van der Waals surface area contributed by atoms with Gasteiger partial charge in [0.25, 0.3) is 0 Å². The predicted molar refractivity (Wildman–Crippen MR) is 46.4 cm³/mol. The highest BCUT2D eigenvalue weighted by atomic mass is 35.5. The molecule has 0 unspecified atom stereocenters. The molecule has 1 aromatic rings. The van der Waals surface area contributed by atoms with Crippen molar-refractivity contribution in [1.82, 2.24) is 0 Å². The molecule has 0 saturated carbocycles. The van der Waals surface area contributed by atoms with E-state index in [1.54, 1.807) is 0 Å². The van der Waals surface area contributed by atoms with Crippen molar-refractivity contribution in [3.63, 3.8) is 0 Å². The Kier molecular flexibility index (Phi) is 4.64. The fourth-order valence-electron chi connectivity index (χ4n) is 0.567. The molecule has 0 aromatic heterocycles. The molecule has 0 spiro atoms. The van der Waals surface area contributed by atoms with Crippen LogP contribution in [0.4, 0.5) is 0 Å². The van der Waals surface area contributed by atoms with Crippen LogP contribution in [0.25, 0.3) is 0 Å². The zero-order chi connectivity index (χ0) is 5.82. The lowest BCUT2D eigenvalue weighted by Gasteiger charge is -1.88. The van der Waals surface area contributed by atoms with Crippen LogP contribution in [-0.2, 0) is 5.88 Å². The summed E-state index contributed by atoms with van der Waals surface area (Å²) in [5, 5.41) is 0. The van der Waals surface area contributed by atoms with Crippen LogP contribution in [0.15, 0.2) is 30.3 Å². The van der Waals surface area contributed by atoms with Crippen molar-refractivity contribution >= 4 is 25.1 Å². The third-order valence-corrected chi connectivity index (χ3v) is 1.31. The molecule has 1 rings (SSSR count). The Balaban J connectivity index is 0.000000640. The van der Waals surface area contributed by atoms with Crippen LogP contribution in [0.5, 0.6) is 0 Å². The van der Waals surface area contributed by atoms with Crippen LogP contribution < -0.4 is 0 Å². The van der Waals surface area contributed by atoms with Crippen LogP contribution in [-0.4, -0.2) is 0 Å². The van der Waals surface area contributed by atoms with E-state index in [1.807, 2.05) is 30.3 Å². The van der Waals surface area contributed by atoms with Crippen LogP contribution in [0, 0.1) is 0 Å². The highest BCUT2D eigenvalue weighted by Gasteiger charge is 1.81. The average molecular weight is 161 g/mol. The largest absolute Gasteiger partial charge is 0.197 e. The van der Waals surface area contributed by atoms with Crippen molar-refractivity contribution in [2.75, 3.05) is 0 Å². The second kappa shape index (κ2) is 4.71. The van der Waals surface area contributed by atoms with Gasteiger partial charge < -0.3 is 0 Å². The maximum Gasteiger partial charge on any atom is 0.0474 e. The summed E-state index contributed by atoms with van der Waals surface area (Å²) in [6, 6.07) is 9.96. The fraction of sp³-hybridized carbons (Fsp3) is 0.143. The molecule has 0 bridgehead atoms.